The summed E-state index contributed by atoms with van der Waals surface area (Å²) in [7, 11) is 0. The lowest BCUT2D eigenvalue weighted by atomic mass is 10.0. The lowest BCUT2D eigenvalue weighted by Gasteiger charge is -2.36. The molecule has 0 atom stereocenters. The Bertz CT molecular complexity index is 860. The summed E-state index contributed by atoms with van der Waals surface area (Å²) in [5, 5.41) is 6.92. The van der Waals surface area contributed by atoms with E-state index < -0.39 is 0 Å². The summed E-state index contributed by atoms with van der Waals surface area (Å²) in [6, 6.07) is 15.6. The van der Waals surface area contributed by atoms with Crippen LogP contribution in [0.2, 0.25) is 0 Å². The van der Waals surface area contributed by atoms with E-state index in [-0.39, 0.29) is 11.9 Å². The first-order chi connectivity index (χ1) is 12.8. The summed E-state index contributed by atoms with van der Waals surface area (Å²) in [6.45, 7) is 1.79. The molecule has 1 fully saturated rings. The maximum atomic E-state index is 12.2. The monoisotopic (exact) mass is 349 g/mol. The van der Waals surface area contributed by atoms with Gasteiger partial charge in [-0.25, -0.2) is 4.79 Å². The first-order valence-corrected chi connectivity index (χ1v) is 8.61. The molecule has 0 spiro atoms. The standard InChI is InChI=1S/C19H19N5O2/c25-19(21-11-9-14-6-2-1-3-7-14)24-12-15(13-24)18-22-17(23-26-18)16-8-4-5-10-20-16/h1-8,10,15H,9,11-13H2,(H,21,25). The predicted molar refractivity (Wildman–Crippen MR) is 95.4 cm³/mol. The van der Waals surface area contributed by atoms with Crippen molar-refractivity contribution in [3.05, 3.63) is 66.2 Å². The molecule has 4 rings (SSSR count). The van der Waals surface area contributed by atoms with Crippen LogP contribution in [0.5, 0.6) is 0 Å². The molecule has 3 aromatic rings. The number of nitrogens with one attached hydrogen (secondary N) is 1. The maximum Gasteiger partial charge on any atom is 0.317 e. The zero-order valence-corrected chi connectivity index (χ0v) is 14.2. The van der Waals surface area contributed by atoms with Crippen molar-refractivity contribution in [1.29, 1.82) is 0 Å². The molecule has 132 valence electrons. The second-order valence-electron chi connectivity index (χ2n) is 6.24. The summed E-state index contributed by atoms with van der Waals surface area (Å²) in [5.41, 5.74) is 1.89. The SMILES string of the molecule is O=C(NCCc1ccccc1)N1CC(c2nc(-c3ccccn3)no2)C1. The van der Waals surface area contributed by atoms with E-state index in [4.69, 9.17) is 4.52 Å². The van der Waals surface area contributed by atoms with Gasteiger partial charge in [-0.2, -0.15) is 4.98 Å². The number of amides is 2. The lowest BCUT2D eigenvalue weighted by Crippen LogP contribution is -2.52. The molecule has 1 N–H and O–H groups in total. The van der Waals surface area contributed by atoms with Gasteiger partial charge in [0.1, 0.15) is 5.69 Å². The highest BCUT2D eigenvalue weighted by Gasteiger charge is 2.35. The molecule has 1 saturated heterocycles. The van der Waals surface area contributed by atoms with Crippen LogP contribution in [0.15, 0.2) is 59.3 Å². The molecule has 0 saturated carbocycles. The molecule has 0 bridgehead atoms. The van der Waals surface area contributed by atoms with Gasteiger partial charge in [0, 0.05) is 25.8 Å². The first-order valence-electron chi connectivity index (χ1n) is 8.61. The van der Waals surface area contributed by atoms with E-state index >= 15 is 0 Å². The molecular formula is C19H19N5O2. The number of carbonyl (C=O) groups excluding carboxylic acids is 1. The predicted octanol–water partition coefficient (Wildman–Crippen LogP) is 2.48. The van der Waals surface area contributed by atoms with Gasteiger partial charge < -0.3 is 14.7 Å². The maximum absolute atomic E-state index is 12.2. The van der Waals surface area contributed by atoms with Crippen LogP contribution >= 0.6 is 0 Å². The van der Waals surface area contributed by atoms with Crippen LogP contribution in [-0.4, -0.2) is 45.7 Å². The van der Waals surface area contributed by atoms with Crippen molar-refractivity contribution >= 4 is 6.03 Å². The van der Waals surface area contributed by atoms with E-state index in [1.54, 1.807) is 11.1 Å². The van der Waals surface area contributed by atoms with Crippen LogP contribution in [0.3, 0.4) is 0 Å². The largest absolute Gasteiger partial charge is 0.338 e. The number of nitrogens with zero attached hydrogens (tertiary/aromatic N) is 4. The Morgan fingerprint density at radius 3 is 2.73 bits per heavy atom. The number of pyridine rings is 1. The van der Waals surface area contributed by atoms with Gasteiger partial charge in [0.2, 0.25) is 11.7 Å². The minimum Gasteiger partial charge on any atom is -0.338 e. The van der Waals surface area contributed by atoms with Gasteiger partial charge >= 0.3 is 6.03 Å². The Balaban J connectivity index is 1.25. The van der Waals surface area contributed by atoms with Crippen molar-refractivity contribution < 1.29 is 9.32 Å². The Morgan fingerprint density at radius 2 is 1.96 bits per heavy atom. The van der Waals surface area contributed by atoms with E-state index in [2.05, 4.69) is 32.6 Å². The Morgan fingerprint density at radius 1 is 1.15 bits per heavy atom. The summed E-state index contributed by atoms with van der Waals surface area (Å²) >= 11 is 0. The summed E-state index contributed by atoms with van der Waals surface area (Å²) in [6.07, 6.45) is 2.51. The number of aromatic nitrogens is 3. The van der Waals surface area contributed by atoms with E-state index in [1.165, 1.54) is 5.56 Å². The lowest BCUT2D eigenvalue weighted by molar-refractivity contribution is 0.137. The molecule has 2 amide bonds. The second kappa shape index (κ2) is 7.35. The van der Waals surface area contributed by atoms with Crippen LogP contribution in [0.25, 0.3) is 11.5 Å². The van der Waals surface area contributed by atoms with Gasteiger partial charge in [-0.1, -0.05) is 41.6 Å². The molecule has 1 aromatic carbocycles. The Labute approximate surface area is 151 Å². The number of likely N-dealkylation sites (tertiary alicyclic amines) is 1. The Kier molecular flexibility index (Phi) is 4.59. The molecule has 1 aliphatic rings. The number of hydrogen-bond donors (Lipinski definition) is 1. The molecule has 26 heavy (non-hydrogen) atoms. The molecule has 1 aliphatic heterocycles. The third-order valence-corrected chi connectivity index (χ3v) is 4.39. The van der Waals surface area contributed by atoms with Crippen molar-refractivity contribution in [2.24, 2.45) is 0 Å². The van der Waals surface area contributed by atoms with Crippen LogP contribution in [0, 0.1) is 0 Å². The van der Waals surface area contributed by atoms with Gasteiger partial charge in [-0.15, -0.1) is 0 Å². The molecule has 3 heterocycles. The highest BCUT2D eigenvalue weighted by atomic mass is 16.5. The highest BCUT2D eigenvalue weighted by molar-refractivity contribution is 5.75. The highest BCUT2D eigenvalue weighted by Crippen LogP contribution is 2.27. The zero-order valence-electron chi connectivity index (χ0n) is 14.2. The number of carbonyl (C=O) groups is 1. The number of rotatable bonds is 5. The molecule has 7 heteroatoms. The van der Waals surface area contributed by atoms with Crippen molar-refractivity contribution in [3.63, 3.8) is 0 Å². The van der Waals surface area contributed by atoms with Crippen LogP contribution in [0.4, 0.5) is 4.79 Å². The quantitative estimate of drug-likeness (QED) is 0.765. The van der Waals surface area contributed by atoms with Crippen molar-refractivity contribution in [2.45, 2.75) is 12.3 Å². The van der Waals surface area contributed by atoms with Crippen LogP contribution in [-0.2, 0) is 6.42 Å². The van der Waals surface area contributed by atoms with Gasteiger partial charge in [-0.3, -0.25) is 4.98 Å². The third kappa shape index (κ3) is 3.56. The third-order valence-electron chi connectivity index (χ3n) is 4.39. The fourth-order valence-electron chi connectivity index (χ4n) is 2.87. The van der Waals surface area contributed by atoms with E-state index in [9.17, 15) is 4.79 Å². The minimum atomic E-state index is -0.0540. The summed E-state index contributed by atoms with van der Waals surface area (Å²) in [5.74, 6) is 1.12. The fraction of sp³-hybridized carbons (Fsp3) is 0.263. The van der Waals surface area contributed by atoms with Crippen molar-refractivity contribution in [1.82, 2.24) is 25.3 Å². The normalized spacial score (nSPS) is 14.1. The molecule has 0 aliphatic carbocycles. The second-order valence-corrected chi connectivity index (χ2v) is 6.24. The van der Waals surface area contributed by atoms with E-state index in [1.807, 2.05) is 36.4 Å². The van der Waals surface area contributed by atoms with Gasteiger partial charge in [0.15, 0.2) is 0 Å². The molecule has 2 aromatic heterocycles. The van der Waals surface area contributed by atoms with Gasteiger partial charge in [-0.05, 0) is 24.1 Å². The smallest absolute Gasteiger partial charge is 0.317 e. The molecule has 0 radical (unpaired) electrons. The topological polar surface area (TPSA) is 84.2 Å². The molecule has 0 unspecified atom stereocenters. The number of benzene rings is 1. The van der Waals surface area contributed by atoms with E-state index in [0.717, 1.165) is 6.42 Å². The van der Waals surface area contributed by atoms with Crippen molar-refractivity contribution in [3.8, 4) is 11.5 Å². The van der Waals surface area contributed by atoms with Crippen LogP contribution in [0.1, 0.15) is 17.4 Å². The minimum absolute atomic E-state index is 0.0540. The number of urea groups is 1. The summed E-state index contributed by atoms with van der Waals surface area (Å²) < 4.78 is 5.33. The van der Waals surface area contributed by atoms with Crippen LogP contribution < -0.4 is 5.32 Å². The van der Waals surface area contributed by atoms with E-state index in [0.29, 0.717) is 37.0 Å². The first kappa shape index (κ1) is 16.3. The zero-order chi connectivity index (χ0) is 17.8. The fourth-order valence-corrected chi connectivity index (χ4v) is 2.87. The molecule has 7 nitrogen and oxygen atoms in total. The average Bonchev–Trinajstić information content (AvgIpc) is 3.12. The number of hydrogen-bond acceptors (Lipinski definition) is 5. The average molecular weight is 349 g/mol. The Hall–Kier alpha value is -3.22. The van der Waals surface area contributed by atoms with Crippen molar-refractivity contribution in [2.75, 3.05) is 19.6 Å². The summed E-state index contributed by atoms with van der Waals surface area (Å²) in [4.78, 5) is 22.5. The molecular weight excluding hydrogens is 330 g/mol. The van der Waals surface area contributed by atoms with Gasteiger partial charge in [0.05, 0.1) is 5.92 Å². The van der Waals surface area contributed by atoms with Gasteiger partial charge in [0.25, 0.3) is 0 Å².